The van der Waals surface area contributed by atoms with Gasteiger partial charge >= 0.3 is 0 Å². The van der Waals surface area contributed by atoms with Crippen LogP contribution in [-0.2, 0) is 0 Å². The number of nitrogens with one attached hydrogen (secondary N) is 1. The van der Waals surface area contributed by atoms with Crippen molar-refractivity contribution in [1.29, 1.82) is 0 Å². The molecular weight excluding hydrogens is 503 g/mol. The Bertz CT molecular complexity index is 811. The molecule has 0 heterocycles. The van der Waals surface area contributed by atoms with E-state index >= 15 is 0 Å². The van der Waals surface area contributed by atoms with E-state index in [0.717, 1.165) is 9.13 Å². The van der Waals surface area contributed by atoms with Gasteiger partial charge in [0.05, 0.1) is 29.1 Å². The number of benzene rings is 2. The van der Waals surface area contributed by atoms with Gasteiger partial charge in [-0.3, -0.25) is 4.79 Å². The van der Waals surface area contributed by atoms with Crippen LogP contribution in [0.3, 0.4) is 0 Å². The molecule has 132 valence electrons. The van der Waals surface area contributed by atoms with Gasteiger partial charge in [0.2, 0.25) is 0 Å². The lowest BCUT2D eigenvalue weighted by molar-refractivity contribution is 0.0952. The summed E-state index contributed by atoms with van der Waals surface area (Å²) in [5.41, 5.74) is 3.26. The summed E-state index contributed by atoms with van der Waals surface area (Å²) in [6.45, 7) is 2.43. The predicted octanol–water partition coefficient (Wildman–Crippen LogP) is 3.93. The minimum absolute atomic E-state index is 0.117. The maximum absolute atomic E-state index is 12.1. The Morgan fingerprint density at radius 1 is 1.40 bits per heavy atom. The van der Waals surface area contributed by atoms with E-state index in [1.165, 1.54) is 18.3 Å². The molecule has 0 aromatic heterocycles. The number of ether oxygens (including phenoxy) is 2. The highest BCUT2D eigenvalue weighted by atomic mass is 127. The second kappa shape index (κ2) is 9.04. The number of rotatable bonds is 6. The maximum atomic E-state index is 12.1. The highest BCUT2D eigenvalue weighted by molar-refractivity contribution is 14.1. The molecule has 2 rings (SSSR count). The van der Waals surface area contributed by atoms with Gasteiger partial charge in [-0.05, 0) is 65.4 Å². The molecule has 0 spiro atoms. The molecule has 0 aliphatic heterocycles. The number of carbonyl (C=O) groups is 1. The number of phenolic OH excluding ortho intramolecular Hbond substituents is 1. The van der Waals surface area contributed by atoms with Crippen LogP contribution in [0.5, 0.6) is 17.2 Å². The third kappa shape index (κ3) is 5.08. The summed E-state index contributed by atoms with van der Waals surface area (Å²) in [5, 5.41) is 13.7. The Balaban J connectivity index is 2.15. The largest absolute Gasteiger partial charge is 0.507 e. The van der Waals surface area contributed by atoms with Gasteiger partial charge in [0.1, 0.15) is 5.75 Å². The van der Waals surface area contributed by atoms with Crippen LogP contribution in [0, 0.1) is 3.57 Å². The monoisotopic (exact) mass is 518 g/mol. The average Bonchev–Trinajstić information content (AvgIpc) is 2.59. The Morgan fingerprint density at radius 2 is 2.16 bits per heavy atom. The molecule has 6 nitrogen and oxygen atoms in total. The van der Waals surface area contributed by atoms with E-state index in [1.807, 2.05) is 13.0 Å². The highest BCUT2D eigenvalue weighted by Gasteiger charge is 2.12. The smallest absolute Gasteiger partial charge is 0.275 e. The fourth-order valence-electron chi connectivity index (χ4n) is 2.01. The number of nitrogens with zero attached hydrogens (tertiary/aromatic N) is 1. The number of hydrazone groups is 1. The highest BCUT2D eigenvalue weighted by Crippen LogP contribution is 2.33. The summed E-state index contributed by atoms with van der Waals surface area (Å²) in [7, 11) is 1.56. The first-order chi connectivity index (χ1) is 12.0. The molecule has 2 aromatic carbocycles. The number of phenols is 1. The van der Waals surface area contributed by atoms with Crippen molar-refractivity contribution in [2.45, 2.75) is 6.92 Å². The van der Waals surface area contributed by atoms with Gasteiger partial charge in [0.15, 0.2) is 11.5 Å². The van der Waals surface area contributed by atoms with E-state index in [-0.39, 0.29) is 11.3 Å². The first-order valence-electron chi connectivity index (χ1n) is 7.28. The van der Waals surface area contributed by atoms with Crippen LogP contribution in [-0.4, -0.2) is 30.9 Å². The molecule has 0 atom stereocenters. The van der Waals surface area contributed by atoms with Gasteiger partial charge in [0.25, 0.3) is 5.91 Å². The molecule has 0 saturated carbocycles. The van der Waals surface area contributed by atoms with E-state index in [4.69, 9.17) is 9.47 Å². The van der Waals surface area contributed by atoms with Crippen molar-refractivity contribution >= 4 is 50.6 Å². The van der Waals surface area contributed by atoms with Crippen molar-refractivity contribution in [3.8, 4) is 17.2 Å². The van der Waals surface area contributed by atoms with Crippen molar-refractivity contribution in [3.05, 3.63) is 49.5 Å². The van der Waals surface area contributed by atoms with E-state index in [1.54, 1.807) is 19.2 Å². The van der Waals surface area contributed by atoms with Gasteiger partial charge in [-0.2, -0.15) is 5.10 Å². The quantitative estimate of drug-likeness (QED) is 0.345. The number of methoxy groups -OCH3 is 1. The lowest BCUT2D eigenvalue weighted by atomic mass is 10.2. The molecular formula is C17H16BrIN2O4. The molecule has 8 heteroatoms. The predicted molar refractivity (Wildman–Crippen MR) is 108 cm³/mol. The van der Waals surface area contributed by atoms with Crippen molar-refractivity contribution in [2.75, 3.05) is 13.7 Å². The first kappa shape index (κ1) is 19.5. The molecule has 0 bridgehead atoms. The number of hydrogen-bond donors (Lipinski definition) is 2. The normalized spacial score (nSPS) is 10.7. The zero-order chi connectivity index (χ0) is 18.4. The van der Waals surface area contributed by atoms with Crippen LogP contribution >= 0.6 is 38.5 Å². The summed E-state index contributed by atoms with van der Waals surface area (Å²) >= 11 is 5.41. The molecule has 0 radical (unpaired) electrons. The number of halogens is 2. The van der Waals surface area contributed by atoms with Crippen molar-refractivity contribution in [2.24, 2.45) is 5.10 Å². The van der Waals surface area contributed by atoms with Crippen LogP contribution in [0.4, 0.5) is 0 Å². The second-order valence-corrected chi connectivity index (χ2v) is 6.91. The molecule has 2 aromatic rings. The molecule has 1 amide bonds. The molecule has 2 N–H and O–H groups in total. The molecule has 0 saturated heterocycles. The number of carbonyl (C=O) groups excluding carboxylic acids is 1. The average molecular weight is 519 g/mol. The lowest BCUT2D eigenvalue weighted by Gasteiger charge is -2.12. The third-order valence-electron chi connectivity index (χ3n) is 3.12. The van der Waals surface area contributed by atoms with E-state index in [2.05, 4.69) is 49.0 Å². The summed E-state index contributed by atoms with van der Waals surface area (Å²) in [5.74, 6) is 0.632. The Morgan fingerprint density at radius 3 is 2.84 bits per heavy atom. The van der Waals surface area contributed by atoms with Crippen molar-refractivity contribution in [1.82, 2.24) is 5.43 Å². The van der Waals surface area contributed by atoms with Crippen LogP contribution in [0.1, 0.15) is 22.8 Å². The Labute approximate surface area is 167 Å². The Hall–Kier alpha value is -1.81. The molecule has 0 unspecified atom stereocenters. The number of aromatic hydroxyl groups is 1. The van der Waals surface area contributed by atoms with Gasteiger partial charge in [-0.1, -0.05) is 15.9 Å². The zero-order valence-electron chi connectivity index (χ0n) is 13.5. The molecule has 0 aliphatic rings. The second-order valence-electron chi connectivity index (χ2n) is 4.83. The fourth-order valence-corrected chi connectivity index (χ4v) is 3.16. The van der Waals surface area contributed by atoms with E-state index in [9.17, 15) is 9.90 Å². The topological polar surface area (TPSA) is 80.2 Å². The standard InChI is InChI=1S/C17H16BrIN2O4/c1-3-25-16-13(19)6-10(7-15(16)24-2)9-20-21-17(23)12-8-11(18)4-5-14(12)22/h4-9,22H,3H2,1-2H3,(H,21,23)/b20-9+. The summed E-state index contributed by atoms with van der Waals surface area (Å²) in [6.07, 6.45) is 1.49. The Kier molecular flexibility index (Phi) is 7.06. The van der Waals surface area contributed by atoms with E-state index in [0.29, 0.717) is 22.6 Å². The minimum Gasteiger partial charge on any atom is -0.507 e. The zero-order valence-corrected chi connectivity index (χ0v) is 17.3. The number of hydrogen-bond acceptors (Lipinski definition) is 5. The van der Waals surface area contributed by atoms with Crippen molar-refractivity contribution in [3.63, 3.8) is 0 Å². The maximum Gasteiger partial charge on any atom is 0.275 e. The van der Waals surface area contributed by atoms with Gasteiger partial charge in [-0.15, -0.1) is 0 Å². The SMILES string of the molecule is CCOc1c(I)cc(/C=N/NC(=O)c2cc(Br)ccc2O)cc1OC. The van der Waals surface area contributed by atoms with Gasteiger partial charge in [-0.25, -0.2) is 5.43 Å². The molecule has 25 heavy (non-hydrogen) atoms. The summed E-state index contributed by atoms with van der Waals surface area (Å²) < 4.78 is 12.4. The van der Waals surface area contributed by atoms with Gasteiger partial charge < -0.3 is 14.6 Å². The number of amides is 1. The van der Waals surface area contributed by atoms with E-state index < -0.39 is 5.91 Å². The fraction of sp³-hybridized carbons (Fsp3) is 0.176. The van der Waals surface area contributed by atoms with Crippen LogP contribution in [0.2, 0.25) is 0 Å². The van der Waals surface area contributed by atoms with Gasteiger partial charge in [0, 0.05) is 4.47 Å². The van der Waals surface area contributed by atoms with Crippen molar-refractivity contribution < 1.29 is 19.4 Å². The van der Waals surface area contributed by atoms with Crippen LogP contribution < -0.4 is 14.9 Å². The first-order valence-corrected chi connectivity index (χ1v) is 9.15. The van der Waals surface area contributed by atoms with Crippen LogP contribution in [0.25, 0.3) is 0 Å². The van der Waals surface area contributed by atoms with Crippen LogP contribution in [0.15, 0.2) is 39.9 Å². The molecule has 0 fully saturated rings. The lowest BCUT2D eigenvalue weighted by Crippen LogP contribution is -2.17. The minimum atomic E-state index is -0.511. The summed E-state index contributed by atoms with van der Waals surface area (Å²) in [4.78, 5) is 12.1. The molecule has 0 aliphatic carbocycles. The third-order valence-corrected chi connectivity index (χ3v) is 4.42. The summed E-state index contributed by atoms with van der Waals surface area (Å²) in [6, 6.07) is 8.22.